The van der Waals surface area contributed by atoms with Crippen LogP contribution in [0.25, 0.3) is 28.0 Å². The molecule has 13 heteroatoms. The number of aromatic nitrogens is 5. The second-order valence-electron chi connectivity index (χ2n) is 12.8. The number of carbonyl (C=O) groups is 1. The standard InChI is InChI=1S/C35H42F2N8O3/c1-9-27(46)43-14-15-44(22(6)19-43)32-24-18-26(37)30(23-12-10-11-13-25(23)36)38-33(24)45(35(47)41-32)31-28(20(2)3)39-34(40-29(31)21(4)5)48-17-16-42(7)8/h9-13,18,20-22H,1,14-17,19H2,2-8H3/t22-/m0/s1. The van der Waals surface area contributed by atoms with Crippen LogP contribution in [0.2, 0.25) is 0 Å². The summed E-state index contributed by atoms with van der Waals surface area (Å²) in [5.74, 6) is -1.80. The van der Waals surface area contributed by atoms with Gasteiger partial charge in [-0.3, -0.25) is 4.79 Å². The molecule has 1 aliphatic heterocycles. The molecule has 0 bridgehead atoms. The molecule has 0 unspecified atom stereocenters. The molecule has 11 nitrogen and oxygen atoms in total. The van der Waals surface area contributed by atoms with Crippen LogP contribution in [0.3, 0.4) is 0 Å². The van der Waals surface area contributed by atoms with Gasteiger partial charge in [0.2, 0.25) is 5.91 Å². The minimum Gasteiger partial charge on any atom is -0.462 e. The Labute approximate surface area is 278 Å². The van der Waals surface area contributed by atoms with E-state index < -0.39 is 17.3 Å². The SMILES string of the molecule is C=CC(=O)N1CCN(c2nc(=O)n(-c3c(C(C)C)nc(OCCN(C)C)nc3C(C)C)c3nc(-c4ccccc4F)c(F)cc23)[C@@H](C)C1. The Kier molecular flexibility index (Phi) is 10.2. The molecule has 1 aliphatic rings. The number of piperazine rings is 1. The van der Waals surface area contributed by atoms with Crippen LogP contribution in [0.1, 0.15) is 57.8 Å². The lowest BCUT2D eigenvalue weighted by atomic mass is 10.0. The number of likely N-dealkylation sites (N-methyl/N-ethyl adjacent to an activating group) is 1. The predicted molar refractivity (Wildman–Crippen MR) is 182 cm³/mol. The van der Waals surface area contributed by atoms with Gasteiger partial charge in [0.1, 0.15) is 29.8 Å². The number of halogens is 2. The Hall–Kier alpha value is -4.78. The van der Waals surface area contributed by atoms with Crippen molar-refractivity contribution >= 4 is 22.8 Å². The molecule has 0 N–H and O–H groups in total. The number of carbonyl (C=O) groups excluding carboxylic acids is 1. The lowest BCUT2D eigenvalue weighted by molar-refractivity contribution is -0.126. The molecular weight excluding hydrogens is 618 g/mol. The van der Waals surface area contributed by atoms with Gasteiger partial charge in [-0.25, -0.2) is 23.1 Å². The highest BCUT2D eigenvalue weighted by Crippen LogP contribution is 2.35. The molecule has 254 valence electrons. The zero-order chi connectivity index (χ0) is 34.9. The highest BCUT2D eigenvalue weighted by atomic mass is 19.1. The van der Waals surface area contributed by atoms with Gasteiger partial charge in [0.15, 0.2) is 5.65 Å². The van der Waals surface area contributed by atoms with Crippen LogP contribution in [0.15, 0.2) is 47.8 Å². The summed E-state index contributed by atoms with van der Waals surface area (Å²) in [6.07, 6.45) is 1.26. The van der Waals surface area contributed by atoms with Crippen molar-refractivity contribution in [1.82, 2.24) is 34.3 Å². The van der Waals surface area contributed by atoms with E-state index in [-0.39, 0.29) is 57.9 Å². The maximum Gasteiger partial charge on any atom is 0.355 e. The van der Waals surface area contributed by atoms with Crippen molar-refractivity contribution in [2.75, 3.05) is 51.8 Å². The van der Waals surface area contributed by atoms with Crippen LogP contribution in [0, 0.1) is 11.6 Å². The van der Waals surface area contributed by atoms with E-state index in [9.17, 15) is 9.59 Å². The molecule has 48 heavy (non-hydrogen) atoms. The quantitative estimate of drug-likeness (QED) is 0.219. The number of pyridine rings is 1. The van der Waals surface area contributed by atoms with Gasteiger partial charge in [-0.05, 0) is 57.1 Å². The summed E-state index contributed by atoms with van der Waals surface area (Å²) in [7, 11) is 3.88. The van der Waals surface area contributed by atoms with E-state index in [0.29, 0.717) is 49.9 Å². The molecule has 1 fully saturated rings. The summed E-state index contributed by atoms with van der Waals surface area (Å²) in [5.41, 5.74) is 0.527. The number of benzene rings is 1. The van der Waals surface area contributed by atoms with Gasteiger partial charge < -0.3 is 19.4 Å². The fourth-order valence-corrected chi connectivity index (χ4v) is 5.86. The summed E-state index contributed by atoms with van der Waals surface area (Å²) in [4.78, 5) is 50.9. The minimum absolute atomic E-state index is 0.0479. The third kappa shape index (κ3) is 6.77. The minimum atomic E-state index is -0.775. The van der Waals surface area contributed by atoms with Crippen LogP contribution < -0.4 is 15.3 Å². The molecular formula is C35H42F2N8O3. The highest BCUT2D eigenvalue weighted by Gasteiger charge is 2.32. The van der Waals surface area contributed by atoms with Crippen LogP contribution >= 0.6 is 0 Å². The van der Waals surface area contributed by atoms with Crippen molar-refractivity contribution in [3.8, 4) is 23.0 Å². The average molecular weight is 661 g/mol. The number of ether oxygens (including phenoxy) is 1. The molecule has 1 atom stereocenters. The number of hydrogen-bond donors (Lipinski definition) is 0. The molecule has 1 aromatic carbocycles. The second kappa shape index (κ2) is 14.1. The molecule has 1 amide bonds. The van der Waals surface area contributed by atoms with E-state index in [1.54, 1.807) is 11.0 Å². The number of fused-ring (bicyclic) bond motifs is 1. The number of hydrogen-bond acceptors (Lipinski definition) is 9. The van der Waals surface area contributed by atoms with Crippen molar-refractivity contribution in [3.63, 3.8) is 0 Å². The molecule has 3 aromatic heterocycles. The Morgan fingerprint density at radius 3 is 2.29 bits per heavy atom. The van der Waals surface area contributed by atoms with Gasteiger partial charge >= 0.3 is 11.7 Å². The van der Waals surface area contributed by atoms with Gasteiger partial charge in [0.25, 0.3) is 0 Å². The Morgan fingerprint density at radius 1 is 1.04 bits per heavy atom. The molecule has 4 aromatic rings. The topological polar surface area (TPSA) is 110 Å². The number of anilines is 1. The van der Waals surface area contributed by atoms with Crippen molar-refractivity contribution in [2.45, 2.75) is 52.5 Å². The van der Waals surface area contributed by atoms with Crippen LogP contribution in [-0.2, 0) is 4.79 Å². The molecule has 0 aliphatic carbocycles. The summed E-state index contributed by atoms with van der Waals surface area (Å²) < 4.78 is 38.4. The smallest absolute Gasteiger partial charge is 0.355 e. The van der Waals surface area contributed by atoms with E-state index in [4.69, 9.17) is 14.7 Å². The first-order valence-electron chi connectivity index (χ1n) is 16.1. The Balaban J connectivity index is 1.81. The first kappa shape index (κ1) is 34.6. The summed E-state index contributed by atoms with van der Waals surface area (Å²) in [6.45, 7) is 15.3. The molecule has 0 saturated carbocycles. The maximum absolute atomic E-state index is 16.0. The van der Waals surface area contributed by atoms with Crippen molar-refractivity contribution in [2.24, 2.45) is 0 Å². The van der Waals surface area contributed by atoms with Crippen molar-refractivity contribution < 1.29 is 18.3 Å². The first-order chi connectivity index (χ1) is 22.8. The normalized spacial score (nSPS) is 15.2. The fraction of sp³-hybridized carbons (Fsp3) is 0.429. The zero-order valence-corrected chi connectivity index (χ0v) is 28.5. The first-order valence-corrected chi connectivity index (χ1v) is 16.1. The third-order valence-electron chi connectivity index (χ3n) is 8.32. The largest absolute Gasteiger partial charge is 0.462 e. The average Bonchev–Trinajstić information content (AvgIpc) is 3.04. The lowest BCUT2D eigenvalue weighted by Gasteiger charge is -2.40. The monoisotopic (exact) mass is 660 g/mol. The Morgan fingerprint density at radius 2 is 1.71 bits per heavy atom. The second-order valence-corrected chi connectivity index (χ2v) is 12.8. The van der Waals surface area contributed by atoms with E-state index in [0.717, 1.165) is 0 Å². The summed E-state index contributed by atoms with van der Waals surface area (Å²) in [6, 6.07) is 6.93. The van der Waals surface area contributed by atoms with Gasteiger partial charge in [-0.1, -0.05) is 46.4 Å². The van der Waals surface area contributed by atoms with Gasteiger partial charge in [-0.15, -0.1) is 0 Å². The van der Waals surface area contributed by atoms with Crippen LogP contribution in [-0.4, -0.2) is 93.1 Å². The van der Waals surface area contributed by atoms with E-state index in [2.05, 4.69) is 16.5 Å². The molecule has 5 rings (SSSR count). The van der Waals surface area contributed by atoms with E-state index >= 15 is 8.78 Å². The molecule has 0 spiro atoms. The van der Waals surface area contributed by atoms with E-state index in [1.807, 2.05) is 58.5 Å². The number of rotatable bonds is 10. The number of nitrogens with zero attached hydrogens (tertiary/aromatic N) is 8. The van der Waals surface area contributed by atoms with Gasteiger partial charge in [0, 0.05) is 37.8 Å². The zero-order valence-electron chi connectivity index (χ0n) is 28.5. The third-order valence-corrected chi connectivity index (χ3v) is 8.32. The summed E-state index contributed by atoms with van der Waals surface area (Å²) in [5, 5.41) is 0.248. The van der Waals surface area contributed by atoms with Gasteiger partial charge in [-0.2, -0.15) is 15.0 Å². The van der Waals surface area contributed by atoms with Crippen LogP contribution in [0.4, 0.5) is 14.6 Å². The van der Waals surface area contributed by atoms with Crippen molar-refractivity contribution in [3.05, 3.63) is 76.5 Å². The van der Waals surface area contributed by atoms with E-state index in [1.165, 1.54) is 34.9 Å². The molecule has 1 saturated heterocycles. The maximum atomic E-state index is 16.0. The Bertz CT molecular complexity index is 1880. The van der Waals surface area contributed by atoms with Crippen molar-refractivity contribution in [1.29, 1.82) is 0 Å². The fourth-order valence-electron chi connectivity index (χ4n) is 5.86. The lowest BCUT2D eigenvalue weighted by Crippen LogP contribution is -2.54. The van der Waals surface area contributed by atoms with Crippen LogP contribution in [0.5, 0.6) is 6.01 Å². The predicted octanol–water partition coefficient (Wildman–Crippen LogP) is 4.93. The number of amides is 1. The summed E-state index contributed by atoms with van der Waals surface area (Å²) >= 11 is 0. The molecule has 4 heterocycles. The molecule has 0 radical (unpaired) electrons. The highest BCUT2D eigenvalue weighted by molar-refractivity contribution is 5.91. The van der Waals surface area contributed by atoms with Gasteiger partial charge in [0.05, 0.1) is 22.5 Å².